The largest absolute Gasteiger partial charge is 0.282 e. The highest BCUT2D eigenvalue weighted by Crippen LogP contribution is 2.33. The number of benzene rings is 1. The lowest BCUT2D eigenvalue weighted by Crippen LogP contribution is -2.12. The second kappa shape index (κ2) is 6.18. The Labute approximate surface area is 131 Å². The van der Waals surface area contributed by atoms with Gasteiger partial charge in [-0.25, -0.2) is 0 Å². The van der Waals surface area contributed by atoms with Crippen molar-refractivity contribution in [2.24, 2.45) is 0 Å². The van der Waals surface area contributed by atoms with Gasteiger partial charge in [-0.2, -0.15) is 0 Å². The van der Waals surface area contributed by atoms with Crippen molar-refractivity contribution in [3.63, 3.8) is 0 Å². The summed E-state index contributed by atoms with van der Waals surface area (Å²) in [6, 6.07) is 6.58. The summed E-state index contributed by atoms with van der Waals surface area (Å²) >= 11 is 6.09. The lowest BCUT2D eigenvalue weighted by molar-refractivity contribution is 0.424. The first-order valence-corrected chi connectivity index (χ1v) is 8.31. The van der Waals surface area contributed by atoms with Crippen LogP contribution in [-0.4, -0.2) is 14.8 Å². The van der Waals surface area contributed by atoms with E-state index in [4.69, 9.17) is 11.6 Å². The first-order valence-electron chi connectivity index (χ1n) is 7.78. The Morgan fingerprint density at radius 2 is 1.71 bits per heavy atom. The molecule has 4 heteroatoms. The molecule has 0 saturated heterocycles. The van der Waals surface area contributed by atoms with Crippen molar-refractivity contribution in [3.8, 4) is 5.69 Å². The van der Waals surface area contributed by atoms with Crippen LogP contribution in [-0.2, 0) is 5.88 Å². The monoisotopic (exact) mass is 303 g/mol. The molecule has 1 fully saturated rings. The highest BCUT2D eigenvalue weighted by Gasteiger charge is 2.23. The number of aromatic nitrogens is 3. The van der Waals surface area contributed by atoms with E-state index >= 15 is 0 Å². The number of halogens is 1. The van der Waals surface area contributed by atoms with Crippen molar-refractivity contribution in [2.45, 2.75) is 57.7 Å². The summed E-state index contributed by atoms with van der Waals surface area (Å²) in [5, 5.41) is 8.80. The van der Waals surface area contributed by atoms with Gasteiger partial charge in [0.15, 0.2) is 5.82 Å². The minimum absolute atomic E-state index is 0.396. The van der Waals surface area contributed by atoms with Gasteiger partial charge in [-0.15, -0.1) is 21.8 Å². The van der Waals surface area contributed by atoms with E-state index in [0.29, 0.717) is 11.8 Å². The van der Waals surface area contributed by atoms with E-state index in [0.717, 1.165) is 17.3 Å². The van der Waals surface area contributed by atoms with Crippen LogP contribution in [0.3, 0.4) is 0 Å². The molecule has 1 aromatic heterocycles. The molecule has 1 aliphatic rings. The molecule has 1 aromatic carbocycles. The Hall–Kier alpha value is -1.35. The fourth-order valence-electron chi connectivity index (χ4n) is 3.40. The Bertz CT molecular complexity index is 607. The molecular weight excluding hydrogens is 282 g/mol. The molecule has 0 radical (unpaired) electrons. The van der Waals surface area contributed by atoms with E-state index in [1.165, 1.54) is 43.2 Å². The smallest absolute Gasteiger partial charge is 0.152 e. The molecule has 0 aliphatic heterocycles. The zero-order chi connectivity index (χ0) is 14.8. The second-order valence-corrected chi connectivity index (χ2v) is 6.39. The Balaban J connectivity index is 2.08. The lowest BCUT2D eigenvalue weighted by Gasteiger charge is -2.22. The fraction of sp³-hybridized carbons (Fsp3) is 0.529. The molecular formula is C17H22ClN3. The predicted octanol–water partition coefficient (Wildman–Crippen LogP) is 4.67. The number of aryl methyl sites for hydroxylation is 2. The Morgan fingerprint density at radius 3 is 2.33 bits per heavy atom. The highest BCUT2D eigenvalue weighted by atomic mass is 35.5. The Morgan fingerprint density at radius 1 is 1.05 bits per heavy atom. The van der Waals surface area contributed by atoms with Crippen molar-refractivity contribution in [2.75, 3.05) is 0 Å². The van der Waals surface area contributed by atoms with Crippen molar-refractivity contribution < 1.29 is 0 Å². The van der Waals surface area contributed by atoms with Gasteiger partial charge in [0.1, 0.15) is 5.82 Å². The summed E-state index contributed by atoms with van der Waals surface area (Å²) in [6.45, 7) is 4.25. The van der Waals surface area contributed by atoms with Gasteiger partial charge in [-0.1, -0.05) is 25.3 Å². The van der Waals surface area contributed by atoms with E-state index in [2.05, 4.69) is 46.8 Å². The summed E-state index contributed by atoms with van der Waals surface area (Å²) in [4.78, 5) is 0. The van der Waals surface area contributed by atoms with E-state index in [1.54, 1.807) is 0 Å². The van der Waals surface area contributed by atoms with Crippen molar-refractivity contribution >= 4 is 11.6 Å². The van der Waals surface area contributed by atoms with Crippen LogP contribution in [0, 0.1) is 13.8 Å². The summed E-state index contributed by atoms with van der Waals surface area (Å²) in [5.41, 5.74) is 3.66. The van der Waals surface area contributed by atoms with Crippen molar-refractivity contribution in [3.05, 3.63) is 41.0 Å². The molecule has 1 aliphatic carbocycles. The van der Waals surface area contributed by atoms with Crippen LogP contribution in [0.15, 0.2) is 18.2 Å². The average Bonchev–Trinajstić information content (AvgIpc) is 2.91. The van der Waals surface area contributed by atoms with E-state index in [1.807, 2.05) is 0 Å². The number of rotatable bonds is 3. The quantitative estimate of drug-likeness (QED) is 0.771. The van der Waals surface area contributed by atoms with Gasteiger partial charge in [-0.3, -0.25) is 4.57 Å². The first kappa shape index (κ1) is 14.6. The van der Waals surface area contributed by atoms with Crippen LogP contribution in [0.5, 0.6) is 0 Å². The van der Waals surface area contributed by atoms with Gasteiger partial charge in [0.2, 0.25) is 0 Å². The summed E-state index contributed by atoms with van der Waals surface area (Å²) in [5.74, 6) is 2.86. The topological polar surface area (TPSA) is 30.7 Å². The maximum absolute atomic E-state index is 6.09. The Kier molecular flexibility index (Phi) is 4.29. The predicted molar refractivity (Wildman–Crippen MR) is 86.2 cm³/mol. The van der Waals surface area contributed by atoms with E-state index in [9.17, 15) is 0 Å². The fourth-order valence-corrected chi connectivity index (χ4v) is 3.58. The zero-order valence-corrected chi connectivity index (χ0v) is 13.5. The van der Waals surface area contributed by atoms with Crippen molar-refractivity contribution in [1.82, 2.24) is 14.8 Å². The molecule has 0 N–H and O–H groups in total. The second-order valence-electron chi connectivity index (χ2n) is 6.12. The number of hydrogen-bond donors (Lipinski definition) is 0. The molecule has 0 atom stereocenters. The van der Waals surface area contributed by atoms with Gasteiger partial charge < -0.3 is 0 Å². The molecule has 0 spiro atoms. The molecule has 0 amide bonds. The minimum Gasteiger partial charge on any atom is -0.282 e. The molecule has 3 nitrogen and oxygen atoms in total. The van der Waals surface area contributed by atoms with Gasteiger partial charge in [0.05, 0.1) is 5.88 Å². The SMILES string of the molecule is Cc1cc(C)cc(-n2c(CCl)nnc2C2CCCCC2)c1. The maximum atomic E-state index is 6.09. The molecule has 0 bridgehead atoms. The van der Waals surface area contributed by atoms with Crippen LogP contribution >= 0.6 is 11.6 Å². The normalized spacial score (nSPS) is 16.3. The lowest BCUT2D eigenvalue weighted by atomic mass is 9.88. The van der Waals surface area contributed by atoms with Crippen LogP contribution in [0.25, 0.3) is 5.69 Å². The number of nitrogens with zero attached hydrogens (tertiary/aromatic N) is 3. The van der Waals surface area contributed by atoms with Crippen LogP contribution in [0.2, 0.25) is 0 Å². The van der Waals surface area contributed by atoms with Crippen LogP contribution < -0.4 is 0 Å². The maximum Gasteiger partial charge on any atom is 0.152 e. The number of hydrogen-bond acceptors (Lipinski definition) is 2. The summed E-state index contributed by atoms with van der Waals surface area (Å²) < 4.78 is 2.18. The molecule has 1 heterocycles. The van der Waals surface area contributed by atoms with Crippen molar-refractivity contribution in [1.29, 1.82) is 0 Å². The molecule has 1 saturated carbocycles. The van der Waals surface area contributed by atoms with Crippen LogP contribution in [0.4, 0.5) is 0 Å². The molecule has 112 valence electrons. The summed E-state index contributed by atoms with van der Waals surface area (Å²) in [6.07, 6.45) is 6.36. The molecule has 21 heavy (non-hydrogen) atoms. The third-order valence-corrected chi connectivity index (χ3v) is 4.55. The van der Waals surface area contributed by atoms with Gasteiger partial charge >= 0.3 is 0 Å². The van der Waals surface area contributed by atoms with Crippen LogP contribution in [0.1, 0.15) is 60.8 Å². The van der Waals surface area contributed by atoms with Gasteiger partial charge in [0.25, 0.3) is 0 Å². The number of alkyl halides is 1. The van der Waals surface area contributed by atoms with E-state index < -0.39 is 0 Å². The average molecular weight is 304 g/mol. The minimum atomic E-state index is 0.396. The molecule has 2 aromatic rings. The first-order chi connectivity index (χ1) is 10.2. The molecule has 3 rings (SSSR count). The highest BCUT2D eigenvalue weighted by molar-refractivity contribution is 6.16. The zero-order valence-electron chi connectivity index (χ0n) is 12.8. The van der Waals surface area contributed by atoms with Gasteiger partial charge in [-0.05, 0) is 49.9 Å². The van der Waals surface area contributed by atoms with Gasteiger partial charge in [0, 0.05) is 11.6 Å². The third kappa shape index (κ3) is 2.98. The van der Waals surface area contributed by atoms with E-state index in [-0.39, 0.29) is 0 Å². The molecule has 0 unspecified atom stereocenters. The third-order valence-electron chi connectivity index (χ3n) is 4.31. The summed E-state index contributed by atoms with van der Waals surface area (Å²) in [7, 11) is 0. The standard InChI is InChI=1S/C17H22ClN3/c1-12-8-13(2)10-15(9-12)21-16(11-18)19-20-17(21)14-6-4-3-5-7-14/h8-10,14H,3-7,11H2,1-2H3.